The lowest BCUT2D eigenvalue weighted by molar-refractivity contribution is -0.136. The quantitative estimate of drug-likeness (QED) is 0.600. The van der Waals surface area contributed by atoms with E-state index in [4.69, 9.17) is 17.3 Å². The Morgan fingerprint density at radius 3 is 2.50 bits per heavy atom. The molecule has 0 saturated carbocycles. The summed E-state index contributed by atoms with van der Waals surface area (Å²) < 4.78 is 4.45. The fourth-order valence-electron chi connectivity index (χ4n) is 0.915. The Kier molecular flexibility index (Phi) is 3.54. The number of esters is 1. The molecule has 0 unspecified atom stereocenters. The van der Waals surface area contributed by atoms with Gasteiger partial charge in [-0.05, 0) is 23.8 Å². The summed E-state index contributed by atoms with van der Waals surface area (Å²) in [4.78, 5) is 10.9. The van der Waals surface area contributed by atoms with Gasteiger partial charge in [-0.15, -0.1) is 0 Å². The second kappa shape index (κ2) is 4.67. The van der Waals surface area contributed by atoms with Crippen molar-refractivity contribution >= 4 is 23.6 Å². The molecule has 3 nitrogen and oxygen atoms in total. The SMILES string of the molecule is COC(=O)/C(N)=C/c1ccc(Cl)cc1. The van der Waals surface area contributed by atoms with Gasteiger partial charge in [0.25, 0.3) is 0 Å². The van der Waals surface area contributed by atoms with Crippen LogP contribution in [0.5, 0.6) is 0 Å². The summed E-state index contributed by atoms with van der Waals surface area (Å²) in [5.41, 5.74) is 6.32. The second-order valence-corrected chi connectivity index (χ2v) is 3.08. The van der Waals surface area contributed by atoms with Gasteiger partial charge in [0.15, 0.2) is 0 Å². The van der Waals surface area contributed by atoms with Crippen LogP contribution in [0.3, 0.4) is 0 Å². The number of carbonyl (C=O) groups is 1. The van der Waals surface area contributed by atoms with Crippen LogP contribution in [0.2, 0.25) is 5.02 Å². The highest BCUT2D eigenvalue weighted by molar-refractivity contribution is 6.30. The zero-order chi connectivity index (χ0) is 10.6. The molecule has 0 spiro atoms. The molecule has 0 amide bonds. The lowest BCUT2D eigenvalue weighted by Crippen LogP contribution is -2.12. The van der Waals surface area contributed by atoms with Crippen molar-refractivity contribution in [3.8, 4) is 0 Å². The third-order valence-electron chi connectivity index (χ3n) is 1.61. The van der Waals surface area contributed by atoms with Crippen molar-refractivity contribution in [1.82, 2.24) is 0 Å². The standard InChI is InChI=1S/C10H10ClNO2/c1-14-10(13)9(12)6-7-2-4-8(11)5-3-7/h2-6H,12H2,1H3/b9-6-. The predicted molar refractivity (Wildman–Crippen MR) is 55.6 cm³/mol. The van der Waals surface area contributed by atoms with Gasteiger partial charge in [-0.2, -0.15) is 0 Å². The topological polar surface area (TPSA) is 52.3 Å². The van der Waals surface area contributed by atoms with E-state index in [1.165, 1.54) is 13.2 Å². The minimum absolute atomic E-state index is 0.0647. The van der Waals surface area contributed by atoms with Crippen molar-refractivity contribution in [2.75, 3.05) is 7.11 Å². The monoisotopic (exact) mass is 211 g/mol. The molecule has 0 aliphatic heterocycles. The zero-order valence-electron chi connectivity index (χ0n) is 7.66. The number of nitrogens with two attached hydrogens (primary N) is 1. The van der Waals surface area contributed by atoms with Crippen molar-refractivity contribution in [2.45, 2.75) is 0 Å². The maximum Gasteiger partial charge on any atom is 0.353 e. The van der Waals surface area contributed by atoms with Crippen LogP contribution in [0.4, 0.5) is 0 Å². The van der Waals surface area contributed by atoms with E-state index in [9.17, 15) is 4.79 Å². The number of benzene rings is 1. The first kappa shape index (κ1) is 10.6. The van der Waals surface area contributed by atoms with Gasteiger partial charge in [-0.1, -0.05) is 23.7 Å². The summed E-state index contributed by atoms with van der Waals surface area (Å²) in [6, 6.07) is 6.96. The Morgan fingerprint density at radius 1 is 1.43 bits per heavy atom. The molecule has 0 aliphatic rings. The van der Waals surface area contributed by atoms with Crippen molar-refractivity contribution < 1.29 is 9.53 Å². The van der Waals surface area contributed by atoms with Gasteiger partial charge in [0.05, 0.1) is 7.11 Å². The van der Waals surface area contributed by atoms with Crippen molar-refractivity contribution in [3.63, 3.8) is 0 Å². The second-order valence-electron chi connectivity index (χ2n) is 2.64. The molecule has 1 aromatic rings. The van der Waals surface area contributed by atoms with E-state index in [-0.39, 0.29) is 5.70 Å². The average Bonchev–Trinajstić information content (AvgIpc) is 2.20. The van der Waals surface area contributed by atoms with Crippen LogP contribution in [0, 0.1) is 0 Å². The molecule has 0 atom stereocenters. The average molecular weight is 212 g/mol. The van der Waals surface area contributed by atoms with Gasteiger partial charge in [-0.25, -0.2) is 4.79 Å². The maximum atomic E-state index is 10.9. The molecule has 0 heterocycles. The number of carbonyl (C=O) groups excluding carboxylic acids is 1. The predicted octanol–water partition coefficient (Wildman–Crippen LogP) is 1.81. The summed E-state index contributed by atoms with van der Waals surface area (Å²) in [6.07, 6.45) is 1.53. The Hall–Kier alpha value is -1.48. The van der Waals surface area contributed by atoms with Gasteiger partial charge < -0.3 is 10.5 Å². The number of rotatable bonds is 2. The lowest BCUT2D eigenvalue weighted by Gasteiger charge is -1.98. The summed E-state index contributed by atoms with van der Waals surface area (Å²) in [5, 5.41) is 0.638. The van der Waals surface area contributed by atoms with Crippen LogP contribution in [0.25, 0.3) is 6.08 Å². The summed E-state index contributed by atoms with van der Waals surface area (Å²) in [6.45, 7) is 0. The molecule has 0 aliphatic carbocycles. The molecule has 14 heavy (non-hydrogen) atoms. The highest BCUT2D eigenvalue weighted by atomic mass is 35.5. The fraction of sp³-hybridized carbons (Fsp3) is 0.100. The molecular weight excluding hydrogens is 202 g/mol. The van der Waals surface area contributed by atoms with Gasteiger partial charge in [-0.3, -0.25) is 0 Å². The minimum atomic E-state index is -0.542. The Labute approximate surface area is 87.1 Å². The van der Waals surface area contributed by atoms with Crippen LogP contribution in [-0.4, -0.2) is 13.1 Å². The Morgan fingerprint density at radius 2 is 2.00 bits per heavy atom. The molecular formula is C10H10ClNO2. The molecule has 4 heteroatoms. The first-order valence-corrected chi connectivity index (χ1v) is 4.32. The van der Waals surface area contributed by atoms with E-state index >= 15 is 0 Å². The Bertz CT molecular complexity index is 357. The highest BCUT2D eigenvalue weighted by Crippen LogP contribution is 2.11. The van der Waals surface area contributed by atoms with Crippen molar-refractivity contribution in [1.29, 1.82) is 0 Å². The van der Waals surface area contributed by atoms with Gasteiger partial charge >= 0.3 is 5.97 Å². The van der Waals surface area contributed by atoms with Crippen molar-refractivity contribution in [3.05, 3.63) is 40.5 Å². The summed E-state index contributed by atoms with van der Waals surface area (Å²) >= 11 is 5.69. The Balaban J connectivity index is 2.86. The van der Waals surface area contributed by atoms with E-state index in [1.807, 2.05) is 0 Å². The highest BCUT2D eigenvalue weighted by Gasteiger charge is 2.03. The third kappa shape index (κ3) is 2.78. The van der Waals surface area contributed by atoms with E-state index in [1.54, 1.807) is 24.3 Å². The van der Waals surface area contributed by atoms with E-state index in [2.05, 4.69) is 4.74 Å². The molecule has 2 N–H and O–H groups in total. The van der Waals surface area contributed by atoms with Crippen LogP contribution in [0.1, 0.15) is 5.56 Å². The molecule has 74 valence electrons. The molecule has 0 aromatic heterocycles. The van der Waals surface area contributed by atoms with Gasteiger partial charge in [0.2, 0.25) is 0 Å². The number of methoxy groups -OCH3 is 1. The molecule has 1 rings (SSSR count). The van der Waals surface area contributed by atoms with E-state index in [0.29, 0.717) is 5.02 Å². The number of hydrogen-bond acceptors (Lipinski definition) is 3. The zero-order valence-corrected chi connectivity index (χ0v) is 8.41. The molecule has 0 radical (unpaired) electrons. The lowest BCUT2D eigenvalue weighted by atomic mass is 10.2. The summed E-state index contributed by atoms with van der Waals surface area (Å²) in [7, 11) is 1.28. The minimum Gasteiger partial charge on any atom is -0.464 e. The molecule has 0 bridgehead atoms. The molecule has 0 saturated heterocycles. The summed E-state index contributed by atoms with van der Waals surface area (Å²) in [5.74, 6) is -0.542. The smallest absolute Gasteiger partial charge is 0.353 e. The van der Waals surface area contributed by atoms with E-state index < -0.39 is 5.97 Å². The first-order chi connectivity index (χ1) is 6.63. The van der Waals surface area contributed by atoms with Crippen LogP contribution >= 0.6 is 11.6 Å². The van der Waals surface area contributed by atoms with Crippen LogP contribution in [0.15, 0.2) is 30.0 Å². The van der Waals surface area contributed by atoms with Gasteiger partial charge in [0.1, 0.15) is 5.70 Å². The third-order valence-corrected chi connectivity index (χ3v) is 1.87. The fourth-order valence-corrected chi connectivity index (χ4v) is 1.04. The number of hydrogen-bond donors (Lipinski definition) is 1. The normalized spacial score (nSPS) is 11.1. The molecule has 0 fully saturated rings. The maximum absolute atomic E-state index is 10.9. The van der Waals surface area contributed by atoms with Crippen molar-refractivity contribution in [2.24, 2.45) is 5.73 Å². The largest absolute Gasteiger partial charge is 0.464 e. The van der Waals surface area contributed by atoms with Crippen LogP contribution < -0.4 is 5.73 Å². The number of halogens is 1. The van der Waals surface area contributed by atoms with Gasteiger partial charge in [0, 0.05) is 5.02 Å². The molecule has 1 aromatic carbocycles. The van der Waals surface area contributed by atoms with Crippen LogP contribution in [-0.2, 0) is 9.53 Å². The van der Waals surface area contributed by atoms with E-state index in [0.717, 1.165) is 5.56 Å². The first-order valence-electron chi connectivity index (χ1n) is 3.94. The number of ether oxygens (including phenoxy) is 1.